The van der Waals surface area contributed by atoms with Crippen molar-refractivity contribution in [3.63, 3.8) is 0 Å². The predicted molar refractivity (Wildman–Crippen MR) is 75.9 cm³/mol. The normalized spacial score (nSPS) is 10.4. The Kier molecular flexibility index (Phi) is 4.14. The summed E-state index contributed by atoms with van der Waals surface area (Å²) in [5.41, 5.74) is 5.14. The summed E-state index contributed by atoms with van der Waals surface area (Å²) >= 11 is 3.28. The zero-order valence-electron chi connectivity index (χ0n) is 10.3. The second-order valence-electron chi connectivity index (χ2n) is 4.08. The summed E-state index contributed by atoms with van der Waals surface area (Å²) in [4.78, 5) is 38.4. The number of carbonyl (C=O) groups excluding carboxylic acids is 2. The highest BCUT2D eigenvalue weighted by molar-refractivity contribution is 9.10. The molecular formula is C12H11BrN4O3. The Bertz CT molecular complexity index is 741. The first kappa shape index (κ1) is 14.2. The number of rotatable bonds is 4. The molecule has 0 radical (unpaired) electrons. The quantitative estimate of drug-likeness (QED) is 0.802. The molecule has 20 heavy (non-hydrogen) atoms. The molecule has 0 spiro atoms. The lowest BCUT2D eigenvalue weighted by atomic mass is 10.2. The van der Waals surface area contributed by atoms with E-state index in [1.54, 1.807) is 18.2 Å². The van der Waals surface area contributed by atoms with Crippen LogP contribution >= 0.6 is 15.9 Å². The molecule has 8 heteroatoms. The fraction of sp³-hybridized carbons (Fsp3) is 0.167. The highest BCUT2D eigenvalue weighted by Gasteiger charge is 2.08. The number of nitrogens with one attached hydrogen (secondary N) is 1. The van der Waals surface area contributed by atoms with Crippen molar-refractivity contribution >= 4 is 38.6 Å². The van der Waals surface area contributed by atoms with E-state index in [1.807, 2.05) is 0 Å². The summed E-state index contributed by atoms with van der Waals surface area (Å²) in [7, 11) is 0. The van der Waals surface area contributed by atoms with Gasteiger partial charge in [-0.15, -0.1) is 0 Å². The smallest absolute Gasteiger partial charge is 0.261 e. The number of hydrogen-bond donors (Lipinski definition) is 2. The van der Waals surface area contributed by atoms with Crippen LogP contribution in [0.5, 0.6) is 0 Å². The average molecular weight is 339 g/mol. The molecule has 0 aliphatic carbocycles. The molecule has 0 saturated carbocycles. The van der Waals surface area contributed by atoms with Crippen molar-refractivity contribution in [2.24, 2.45) is 5.73 Å². The van der Waals surface area contributed by atoms with Gasteiger partial charge in [0.2, 0.25) is 11.8 Å². The van der Waals surface area contributed by atoms with Crippen molar-refractivity contribution < 1.29 is 9.59 Å². The number of aromatic nitrogens is 2. The van der Waals surface area contributed by atoms with Crippen LogP contribution in [-0.2, 0) is 16.1 Å². The van der Waals surface area contributed by atoms with Gasteiger partial charge < -0.3 is 11.1 Å². The van der Waals surface area contributed by atoms with Crippen molar-refractivity contribution in [2.45, 2.75) is 6.54 Å². The Morgan fingerprint density at radius 2 is 2.15 bits per heavy atom. The van der Waals surface area contributed by atoms with E-state index >= 15 is 0 Å². The van der Waals surface area contributed by atoms with Gasteiger partial charge in [0.1, 0.15) is 6.54 Å². The predicted octanol–water partition coefficient (Wildman–Crippen LogP) is -0.240. The molecule has 0 fully saturated rings. The van der Waals surface area contributed by atoms with Crippen molar-refractivity contribution in [3.05, 3.63) is 39.4 Å². The Hall–Kier alpha value is -2.22. The van der Waals surface area contributed by atoms with E-state index in [0.29, 0.717) is 10.9 Å². The summed E-state index contributed by atoms with van der Waals surface area (Å²) in [6, 6.07) is 5.12. The van der Waals surface area contributed by atoms with Gasteiger partial charge in [0.05, 0.1) is 23.8 Å². The third-order valence-electron chi connectivity index (χ3n) is 2.56. The molecule has 1 aromatic carbocycles. The molecule has 0 saturated heterocycles. The highest BCUT2D eigenvalue weighted by Crippen LogP contribution is 2.14. The van der Waals surface area contributed by atoms with Gasteiger partial charge in [-0.05, 0) is 18.2 Å². The van der Waals surface area contributed by atoms with Gasteiger partial charge in [-0.1, -0.05) is 15.9 Å². The van der Waals surface area contributed by atoms with Crippen LogP contribution < -0.4 is 16.6 Å². The molecule has 7 nitrogen and oxygen atoms in total. The van der Waals surface area contributed by atoms with Gasteiger partial charge >= 0.3 is 0 Å². The summed E-state index contributed by atoms with van der Waals surface area (Å²) in [5, 5.41) is 2.71. The molecule has 2 rings (SSSR count). The first-order valence-corrected chi connectivity index (χ1v) is 6.46. The molecule has 0 unspecified atom stereocenters. The number of nitrogens with two attached hydrogens (primary N) is 1. The molecule has 2 aromatic rings. The summed E-state index contributed by atoms with van der Waals surface area (Å²) in [6.45, 7) is -0.484. The summed E-state index contributed by atoms with van der Waals surface area (Å²) in [5.74, 6) is -1.13. The van der Waals surface area contributed by atoms with Crippen molar-refractivity contribution in [1.82, 2.24) is 14.9 Å². The van der Waals surface area contributed by atoms with Gasteiger partial charge in [-0.3, -0.25) is 19.0 Å². The van der Waals surface area contributed by atoms with Crippen LogP contribution in [0.15, 0.2) is 33.8 Å². The third kappa shape index (κ3) is 3.21. The van der Waals surface area contributed by atoms with Gasteiger partial charge in [-0.2, -0.15) is 0 Å². The Morgan fingerprint density at radius 3 is 2.85 bits per heavy atom. The van der Waals surface area contributed by atoms with E-state index in [4.69, 9.17) is 5.73 Å². The lowest BCUT2D eigenvalue weighted by molar-refractivity contribution is -0.125. The summed E-state index contributed by atoms with van der Waals surface area (Å²) < 4.78 is 1.92. The number of benzene rings is 1. The molecule has 0 atom stereocenters. The van der Waals surface area contributed by atoms with Crippen LogP contribution in [0.25, 0.3) is 10.9 Å². The zero-order valence-corrected chi connectivity index (χ0v) is 11.9. The third-order valence-corrected chi connectivity index (χ3v) is 3.05. The maximum absolute atomic E-state index is 12.2. The van der Waals surface area contributed by atoms with Crippen molar-refractivity contribution in [3.8, 4) is 0 Å². The Morgan fingerprint density at radius 1 is 1.40 bits per heavy atom. The number of primary amides is 1. The van der Waals surface area contributed by atoms with Crippen LogP contribution in [-0.4, -0.2) is 27.9 Å². The van der Waals surface area contributed by atoms with Gasteiger partial charge in [0.25, 0.3) is 5.56 Å². The Labute approximate surface area is 121 Å². The molecule has 1 heterocycles. The molecule has 0 aliphatic rings. The van der Waals surface area contributed by atoms with Crippen molar-refractivity contribution in [1.29, 1.82) is 0 Å². The number of carbonyl (C=O) groups is 2. The standard InChI is InChI=1S/C12H11BrN4O3/c13-7-1-2-9-8(3-7)12(20)17(6-16-9)5-11(19)15-4-10(14)18/h1-3,6H,4-5H2,(H2,14,18)(H,15,19). The topological polar surface area (TPSA) is 107 Å². The maximum Gasteiger partial charge on any atom is 0.261 e. The molecule has 0 aliphatic heterocycles. The lowest BCUT2D eigenvalue weighted by Crippen LogP contribution is -2.37. The van der Waals surface area contributed by atoms with Crippen LogP contribution in [0.4, 0.5) is 0 Å². The zero-order chi connectivity index (χ0) is 14.7. The largest absolute Gasteiger partial charge is 0.368 e. The second kappa shape index (κ2) is 5.83. The number of fused-ring (bicyclic) bond motifs is 1. The minimum Gasteiger partial charge on any atom is -0.368 e. The first-order valence-electron chi connectivity index (χ1n) is 5.67. The first-order chi connectivity index (χ1) is 9.47. The van der Waals surface area contributed by atoms with E-state index in [9.17, 15) is 14.4 Å². The fourth-order valence-electron chi connectivity index (χ4n) is 1.64. The highest BCUT2D eigenvalue weighted by atomic mass is 79.9. The molecule has 104 valence electrons. The average Bonchev–Trinajstić information content (AvgIpc) is 2.40. The second-order valence-corrected chi connectivity index (χ2v) is 5.00. The van der Waals surface area contributed by atoms with Crippen LogP contribution in [0, 0.1) is 0 Å². The fourth-order valence-corrected chi connectivity index (χ4v) is 2.00. The number of nitrogens with zero attached hydrogens (tertiary/aromatic N) is 2. The van der Waals surface area contributed by atoms with Gasteiger partial charge in [-0.25, -0.2) is 4.98 Å². The SMILES string of the molecule is NC(=O)CNC(=O)Cn1cnc2ccc(Br)cc2c1=O. The van der Waals surface area contributed by atoms with E-state index < -0.39 is 11.8 Å². The minimum absolute atomic E-state index is 0.221. The lowest BCUT2D eigenvalue weighted by Gasteiger charge is -2.07. The molecule has 1 aromatic heterocycles. The molecule has 3 N–H and O–H groups in total. The monoisotopic (exact) mass is 338 g/mol. The van der Waals surface area contributed by atoms with Crippen LogP contribution in [0.3, 0.4) is 0 Å². The summed E-state index contributed by atoms with van der Waals surface area (Å²) in [6.07, 6.45) is 1.29. The van der Waals surface area contributed by atoms with E-state index in [-0.39, 0.29) is 18.6 Å². The van der Waals surface area contributed by atoms with E-state index in [2.05, 4.69) is 26.2 Å². The minimum atomic E-state index is -0.647. The number of amides is 2. The molecule has 0 bridgehead atoms. The number of halogens is 1. The van der Waals surface area contributed by atoms with Crippen LogP contribution in [0.2, 0.25) is 0 Å². The molecular weight excluding hydrogens is 328 g/mol. The van der Waals surface area contributed by atoms with Crippen molar-refractivity contribution in [2.75, 3.05) is 6.54 Å². The Balaban J connectivity index is 2.27. The van der Waals surface area contributed by atoms with E-state index in [1.165, 1.54) is 10.9 Å². The van der Waals surface area contributed by atoms with Crippen LogP contribution in [0.1, 0.15) is 0 Å². The van der Waals surface area contributed by atoms with E-state index in [0.717, 1.165) is 4.47 Å². The van der Waals surface area contributed by atoms with Gasteiger partial charge in [0, 0.05) is 4.47 Å². The maximum atomic E-state index is 12.2. The number of hydrogen-bond acceptors (Lipinski definition) is 4. The molecule has 2 amide bonds. The van der Waals surface area contributed by atoms with Gasteiger partial charge in [0.15, 0.2) is 0 Å².